The van der Waals surface area contributed by atoms with Crippen molar-refractivity contribution in [3.8, 4) is 0 Å². The molecule has 0 fully saturated rings. The van der Waals surface area contributed by atoms with Crippen LogP contribution >= 0.6 is 0 Å². The maximum absolute atomic E-state index is 8.77. The van der Waals surface area contributed by atoms with Crippen molar-refractivity contribution in [2.45, 2.75) is 18.3 Å². The minimum absolute atomic E-state index is 0. The van der Waals surface area contributed by atoms with Gasteiger partial charge in [-0.2, -0.15) is 0 Å². The molecule has 0 saturated carbocycles. The normalized spacial score (nSPS) is 18.3. The minimum Gasteiger partial charge on any atom is -0.394 e. The smallest absolute Gasteiger partial charge is 0.110 e. The SMILES string of the molecule is OC[C@@H](O)C(O)[C@@H](O)CO.[Ga]. The Kier molecular flexibility index (Phi) is 9.04. The second-order valence-corrected chi connectivity index (χ2v) is 1.99. The second-order valence-electron chi connectivity index (χ2n) is 1.99. The third-order valence-electron chi connectivity index (χ3n) is 1.16. The van der Waals surface area contributed by atoms with Crippen LogP contribution in [0.3, 0.4) is 0 Å². The van der Waals surface area contributed by atoms with Crippen LogP contribution in [0.4, 0.5) is 0 Å². The minimum atomic E-state index is -1.49. The summed E-state index contributed by atoms with van der Waals surface area (Å²) in [6, 6.07) is 0. The monoisotopic (exact) mass is 221 g/mol. The van der Waals surface area contributed by atoms with Crippen molar-refractivity contribution in [1.29, 1.82) is 0 Å². The van der Waals surface area contributed by atoms with E-state index in [4.69, 9.17) is 25.5 Å². The zero-order valence-corrected chi connectivity index (χ0v) is 8.38. The molecule has 0 aromatic heterocycles. The van der Waals surface area contributed by atoms with Crippen molar-refractivity contribution in [1.82, 2.24) is 0 Å². The topological polar surface area (TPSA) is 101 Å². The molecule has 6 heteroatoms. The van der Waals surface area contributed by atoms with Crippen LogP contribution < -0.4 is 0 Å². The van der Waals surface area contributed by atoms with Crippen molar-refractivity contribution in [2.24, 2.45) is 0 Å². The molecule has 0 amide bonds. The van der Waals surface area contributed by atoms with Gasteiger partial charge >= 0.3 is 0 Å². The number of hydrogen-bond acceptors (Lipinski definition) is 5. The molecule has 0 bridgehead atoms. The van der Waals surface area contributed by atoms with Crippen LogP contribution in [0.2, 0.25) is 0 Å². The fraction of sp³-hybridized carbons (Fsp3) is 1.00. The molecule has 0 aromatic rings. The van der Waals surface area contributed by atoms with E-state index in [2.05, 4.69) is 0 Å². The van der Waals surface area contributed by atoms with E-state index in [0.29, 0.717) is 0 Å². The van der Waals surface area contributed by atoms with Crippen LogP contribution in [-0.2, 0) is 0 Å². The largest absolute Gasteiger partial charge is 0.394 e. The van der Waals surface area contributed by atoms with Crippen molar-refractivity contribution in [3.63, 3.8) is 0 Å². The van der Waals surface area contributed by atoms with Gasteiger partial charge in [-0.1, -0.05) is 0 Å². The summed E-state index contributed by atoms with van der Waals surface area (Å²) in [5.74, 6) is 0. The Morgan fingerprint density at radius 2 is 1.09 bits per heavy atom. The molecule has 1 unspecified atom stereocenters. The Labute approximate surface area is 77.3 Å². The molecule has 11 heavy (non-hydrogen) atoms. The summed E-state index contributed by atoms with van der Waals surface area (Å²) in [5.41, 5.74) is 0. The number of hydrogen-bond donors (Lipinski definition) is 5. The van der Waals surface area contributed by atoms with E-state index in [1.807, 2.05) is 0 Å². The molecule has 5 nitrogen and oxygen atoms in total. The quantitative estimate of drug-likeness (QED) is 0.320. The zero-order chi connectivity index (χ0) is 8.15. The predicted molar refractivity (Wildman–Crippen MR) is 37.9 cm³/mol. The van der Waals surface area contributed by atoms with Crippen LogP contribution in [0.25, 0.3) is 0 Å². The summed E-state index contributed by atoms with van der Waals surface area (Å²) in [4.78, 5) is 0. The first-order chi connectivity index (χ1) is 4.63. The summed E-state index contributed by atoms with van der Waals surface area (Å²) in [6.45, 7) is -1.28. The summed E-state index contributed by atoms with van der Waals surface area (Å²) < 4.78 is 0. The van der Waals surface area contributed by atoms with Gasteiger partial charge in [-0.25, -0.2) is 0 Å². The molecule has 0 saturated heterocycles. The molecule has 0 aromatic carbocycles. The Hall–Kier alpha value is 0.436. The van der Waals surface area contributed by atoms with Gasteiger partial charge in [0, 0.05) is 19.8 Å². The fourth-order valence-electron chi connectivity index (χ4n) is 0.472. The number of aliphatic hydroxyl groups excluding tert-OH is 5. The molecule has 0 heterocycles. The van der Waals surface area contributed by atoms with E-state index in [0.717, 1.165) is 0 Å². The summed E-state index contributed by atoms with van der Waals surface area (Å²) in [7, 11) is 0. The number of rotatable bonds is 4. The van der Waals surface area contributed by atoms with Gasteiger partial charge in [-0.15, -0.1) is 0 Å². The summed E-state index contributed by atoms with van der Waals surface area (Å²) >= 11 is 0. The van der Waals surface area contributed by atoms with Gasteiger partial charge in [-0.05, 0) is 0 Å². The molecule has 0 aliphatic heterocycles. The Balaban J connectivity index is 0. The van der Waals surface area contributed by atoms with Crippen LogP contribution in [0.15, 0.2) is 0 Å². The van der Waals surface area contributed by atoms with E-state index < -0.39 is 31.5 Å². The van der Waals surface area contributed by atoms with Gasteiger partial charge in [-0.3, -0.25) is 0 Å². The van der Waals surface area contributed by atoms with E-state index in [1.54, 1.807) is 0 Å². The second kappa shape index (κ2) is 7.11. The van der Waals surface area contributed by atoms with Crippen LogP contribution in [0.1, 0.15) is 0 Å². The molecule has 3 radical (unpaired) electrons. The summed E-state index contributed by atoms with van der Waals surface area (Å²) in [5, 5.41) is 42.6. The van der Waals surface area contributed by atoms with Crippen molar-refractivity contribution in [3.05, 3.63) is 0 Å². The third kappa shape index (κ3) is 4.80. The van der Waals surface area contributed by atoms with Crippen LogP contribution in [0, 0.1) is 0 Å². The van der Waals surface area contributed by atoms with Crippen molar-refractivity contribution >= 4 is 19.8 Å². The van der Waals surface area contributed by atoms with E-state index in [1.165, 1.54) is 0 Å². The van der Waals surface area contributed by atoms with Crippen LogP contribution in [0.5, 0.6) is 0 Å². The molecule has 0 rings (SSSR count). The molecule has 0 aliphatic carbocycles. The Bertz CT molecular complexity index is 80.9. The van der Waals surface area contributed by atoms with Gasteiger partial charge in [0.1, 0.15) is 18.3 Å². The first-order valence-electron chi connectivity index (χ1n) is 2.89. The first kappa shape index (κ1) is 14.0. The van der Waals surface area contributed by atoms with E-state index >= 15 is 0 Å². The van der Waals surface area contributed by atoms with Crippen molar-refractivity contribution < 1.29 is 25.5 Å². The first-order valence-corrected chi connectivity index (χ1v) is 2.89. The Morgan fingerprint density at radius 1 is 0.818 bits per heavy atom. The maximum atomic E-state index is 8.77. The average Bonchev–Trinajstić information content (AvgIpc) is 2.00. The molecule has 3 atom stereocenters. The molecule has 0 spiro atoms. The van der Waals surface area contributed by atoms with E-state index in [-0.39, 0.29) is 19.8 Å². The van der Waals surface area contributed by atoms with Gasteiger partial charge in [0.2, 0.25) is 0 Å². The number of aliphatic hydroxyl groups is 5. The van der Waals surface area contributed by atoms with Gasteiger partial charge < -0.3 is 25.5 Å². The van der Waals surface area contributed by atoms with Gasteiger partial charge in [0.15, 0.2) is 0 Å². The van der Waals surface area contributed by atoms with Gasteiger partial charge in [0.25, 0.3) is 0 Å². The maximum Gasteiger partial charge on any atom is 0.110 e. The standard InChI is InChI=1S/C5H12O5.Ga/c6-1-3(8)5(10)4(9)2-7;/h3-10H,1-2H2;/t3-,4+,5?;. The molecule has 65 valence electrons. The molecule has 0 aliphatic rings. The fourth-order valence-corrected chi connectivity index (χ4v) is 0.472. The molecule has 5 N–H and O–H groups in total. The third-order valence-corrected chi connectivity index (χ3v) is 1.16. The average molecular weight is 222 g/mol. The predicted octanol–water partition coefficient (Wildman–Crippen LogP) is -3.33. The summed E-state index contributed by atoms with van der Waals surface area (Å²) in [6.07, 6.45) is -4.29. The Morgan fingerprint density at radius 3 is 1.27 bits per heavy atom. The zero-order valence-electron chi connectivity index (χ0n) is 5.96. The van der Waals surface area contributed by atoms with E-state index in [9.17, 15) is 0 Å². The van der Waals surface area contributed by atoms with Gasteiger partial charge in [0.05, 0.1) is 13.2 Å². The van der Waals surface area contributed by atoms with Crippen molar-refractivity contribution in [2.75, 3.05) is 13.2 Å². The van der Waals surface area contributed by atoms with Crippen LogP contribution in [-0.4, -0.2) is 76.8 Å². The molecular formula is C5H12GaO5. The molecular weight excluding hydrogens is 210 g/mol.